The maximum absolute atomic E-state index is 12.2. The third-order valence-electron chi connectivity index (χ3n) is 2.86. The Morgan fingerprint density at radius 3 is 2.78 bits per heavy atom. The molecule has 0 radical (unpaired) electrons. The van der Waals surface area contributed by atoms with Crippen molar-refractivity contribution in [2.75, 3.05) is 0 Å². The lowest BCUT2D eigenvalue weighted by molar-refractivity contribution is -0.125. The zero-order chi connectivity index (χ0) is 13.0. The van der Waals surface area contributed by atoms with Crippen LogP contribution in [0.3, 0.4) is 0 Å². The highest BCUT2D eigenvalue weighted by Crippen LogP contribution is 2.27. The normalized spacial score (nSPS) is 11.2. The van der Waals surface area contributed by atoms with Crippen LogP contribution in [-0.4, -0.2) is 10.9 Å². The number of amides is 1. The molecular weight excluding hydrogens is 244 g/mol. The van der Waals surface area contributed by atoms with Gasteiger partial charge >= 0.3 is 0 Å². The highest BCUT2D eigenvalue weighted by molar-refractivity contribution is 7.10. The van der Waals surface area contributed by atoms with E-state index in [4.69, 9.17) is 0 Å². The van der Waals surface area contributed by atoms with Gasteiger partial charge in [-0.2, -0.15) is 0 Å². The highest BCUT2D eigenvalue weighted by atomic mass is 32.1. The Labute approximate surface area is 111 Å². The summed E-state index contributed by atoms with van der Waals surface area (Å²) < 4.78 is 0. The smallest absolute Gasteiger partial charge is 0.231 e. The first-order chi connectivity index (χ1) is 8.60. The van der Waals surface area contributed by atoms with Gasteiger partial charge in [0.05, 0.1) is 17.7 Å². The zero-order valence-electron chi connectivity index (χ0n) is 10.5. The Morgan fingerprint density at radius 1 is 1.33 bits per heavy atom. The van der Waals surface area contributed by atoms with Crippen LogP contribution in [0.2, 0.25) is 0 Å². The zero-order valence-corrected chi connectivity index (χ0v) is 11.3. The minimum atomic E-state index is -0.497. The van der Waals surface area contributed by atoms with E-state index in [0.29, 0.717) is 6.54 Å². The van der Waals surface area contributed by atoms with E-state index in [1.807, 2.05) is 49.6 Å². The largest absolute Gasteiger partial charge is 0.350 e. The molecule has 0 fully saturated rings. The molecule has 2 heterocycles. The van der Waals surface area contributed by atoms with Crippen LogP contribution in [-0.2, 0) is 16.8 Å². The van der Waals surface area contributed by atoms with Crippen LogP contribution in [0, 0.1) is 0 Å². The molecule has 2 aromatic rings. The first-order valence-corrected chi connectivity index (χ1v) is 6.71. The Kier molecular flexibility index (Phi) is 3.77. The molecule has 2 rings (SSSR count). The maximum atomic E-state index is 12.2. The van der Waals surface area contributed by atoms with E-state index in [9.17, 15) is 4.79 Å². The van der Waals surface area contributed by atoms with E-state index in [0.717, 1.165) is 10.6 Å². The van der Waals surface area contributed by atoms with Gasteiger partial charge in [-0.3, -0.25) is 9.78 Å². The third-order valence-corrected chi connectivity index (χ3v) is 4.05. The minimum Gasteiger partial charge on any atom is -0.350 e. The average Bonchev–Trinajstić information content (AvgIpc) is 2.91. The quantitative estimate of drug-likeness (QED) is 0.918. The van der Waals surface area contributed by atoms with E-state index in [-0.39, 0.29) is 5.91 Å². The molecule has 4 heteroatoms. The van der Waals surface area contributed by atoms with Crippen molar-refractivity contribution in [1.82, 2.24) is 10.3 Å². The van der Waals surface area contributed by atoms with E-state index in [1.54, 1.807) is 17.5 Å². The first kappa shape index (κ1) is 12.8. The second-order valence-corrected chi connectivity index (χ2v) is 5.55. The van der Waals surface area contributed by atoms with Gasteiger partial charge in [-0.15, -0.1) is 11.3 Å². The van der Waals surface area contributed by atoms with Gasteiger partial charge in [0.2, 0.25) is 5.91 Å². The Bertz CT molecular complexity index is 506. The Hall–Kier alpha value is -1.68. The number of carbonyl (C=O) groups is 1. The standard InChI is InChI=1S/C14H16N2OS/c1-14(2,12-7-5-9-18-12)13(17)16-10-11-6-3-4-8-15-11/h3-9H,10H2,1-2H3,(H,16,17). The summed E-state index contributed by atoms with van der Waals surface area (Å²) in [5, 5.41) is 4.92. The number of nitrogens with zero attached hydrogens (tertiary/aromatic N) is 1. The lowest BCUT2D eigenvalue weighted by Gasteiger charge is -2.22. The number of pyridine rings is 1. The van der Waals surface area contributed by atoms with E-state index in [1.165, 1.54) is 0 Å². The monoisotopic (exact) mass is 260 g/mol. The van der Waals surface area contributed by atoms with Crippen molar-refractivity contribution < 1.29 is 4.79 Å². The number of rotatable bonds is 4. The van der Waals surface area contributed by atoms with Crippen LogP contribution < -0.4 is 5.32 Å². The van der Waals surface area contributed by atoms with Crippen LogP contribution in [0.25, 0.3) is 0 Å². The lowest BCUT2D eigenvalue weighted by atomic mass is 9.90. The van der Waals surface area contributed by atoms with Crippen LogP contribution >= 0.6 is 11.3 Å². The molecule has 94 valence electrons. The molecule has 0 unspecified atom stereocenters. The molecule has 0 saturated heterocycles. The van der Waals surface area contributed by atoms with Crippen LogP contribution in [0.5, 0.6) is 0 Å². The van der Waals surface area contributed by atoms with Crippen molar-refractivity contribution in [2.24, 2.45) is 0 Å². The van der Waals surface area contributed by atoms with Gasteiger partial charge in [-0.05, 0) is 37.4 Å². The molecule has 0 aliphatic heterocycles. The molecule has 3 nitrogen and oxygen atoms in total. The number of nitrogens with one attached hydrogen (secondary N) is 1. The highest BCUT2D eigenvalue weighted by Gasteiger charge is 2.30. The van der Waals surface area contributed by atoms with Gasteiger partial charge in [0.15, 0.2) is 0 Å². The van der Waals surface area contributed by atoms with Gasteiger partial charge < -0.3 is 5.32 Å². The fourth-order valence-corrected chi connectivity index (χ4v) is 2.49. The molecule has 0 aromatic carbocycles. The van der Waals surface area contributed by atoms with Crippen molar-refractivity contribution in [1.29, 1.82) is 0 Å². The first-order valence-electron chi connectivity index (χ1n) is 5.83. The summed E-state index contributed by atoms with van der Waals surface area (Å²) in [6.07, 6.45) is 1.73. The Balaban J connectivity index is 2.00. The number of carbonyl (C=O) groups excluding carboxylic acids is 1. The predicted octanol–water partition coefficient (Wildman–Crippen LogP) is 2.74. The summed E-state index contributed by atoms with van der Waals surface area (Å²) in [7, 11) is 0. The number of hydrogen-bond donors (Lipinski definition) is 1. The predicted molar refractivity (Wildman–Crippen MR) is 73.4 cm³/mol. The molecule has 1 N–H and O–H groups in total. The van der Waals surface area contributed by atoms with Gasteiger partial charge in [-0.25, -0.2) is 0 Å². The molecule has 2 aromatic heterocycles. The molecule has 1 amide bonds. The molecule has 0 atom stereocenters. The van der Waals surface area contributed by atoms with Crippen LogP contribution in [0.15, 0.2) is 41.9 Å². The van der Waals surface area contributed by atoms with E-state index < -0.39 is 5.41 Å². The van der Waals surface area contributed by atoms with Crippen LogP contribution in [0.1, 0.15) is 24.4 Å². The number of thiophene rings is 1. The third kappa shape index (κ3) is 2.76. The van der Waals surface area contributed by atoms with Gasteiger partial charge in [-0.1, -0.05) is 12.1 Å². The molecule has 0 spiro atoms. The average molecular weight is 260 g/mol. The summed E-state index contributed by atoms with van der Waals surface area (Å²) in [4.78, 5) is 17.5. The lowest BCUT2D eigenvalue weighted by Crippen LogP contribution is -2.39. The molecule has 0 saturated carbocycles. The second-order valence-electron chi connectivity index (χ2n) is 4.61. The fraction of sp³-hybridized carbons (Fsp3) is 0.286. The van der Waals surface area contributed by atoms with Crippen molar-refractivity contribution >= 4 is 17.2 Å². The minimum absolute atomic E-state index is 0.0237. The van der Waals surface area contributed by atoms with Crippen LogP contribution in [0.4, 0.5) is 0 Å². The van der Waals surface area contributed by atoms with Gasteiger partial charge in [0, 0.05) is 11.1 Å². The topological polar surface area (TPSA) is 42.0 Å². The fourth-order valence-electron chi connectivity index (χ4n) is 1.64. The Morgan fingerprint density at radius 2 is 2.17 bits per heavy atom. The second kappa shape index (κ2) is 5.31. The number of aromatic nitrogens is 1. The van der Waals surface area contributed by atoms with Crippen molar-refractivity contribution in [2.45, 2.75) is 25.8 Å². The van der Waals surface area contributed by atoms with Crippen molar-refractivity contribution in [3.05, 3.63) is 52.5 Å². The SMILES string of the molecule is CC(C)(C(=O)NCc1ccccn1)c1cccs1. The van der Waals surface area contributed by atoms with E-state index >= 15 is 0 Å². The maximum Gasteiger partial charge on any atom is 0.231 e. The molecule has 0 bridgehead atoms. The van der Waals surface area contributed by atoms with Crippen molar-refractivity contribution in [3.8, 4) is 0 Å². The van der Waals surface area contributed by atoms with Gasteiger partial charge in [0.1, 0.15) is 0 Å². The summed E-state index contributed by atoms with van der Waals surface area (Å²) in [6, 6.07) is 9.64. The summed E-state index contributed by atoms with van der Waals surface area (Å²) in [5.41, 5.74) is 0.371. The molecule has 0 aliphatic carbocycles. The van der Waals surface area contributed by atoms with Gasteiger partial charge in [0.25, 0.3) is 0 Å². The van der Waals surface area contributed by atoms with E-state index in [2.05, 4.69) is 10.3 Å². The van der Waals surface area contributed by atoms with Crippen molar-refractivity contribution in [3.63, 3.8) is 0 Å². The summed E-state index contributed by atoms with van der Waals surface area (Å²) in [6.45, 7) is 4.34. The number of hydrogen-bond acceptors (Lipinski definition) is 3. The summed E-state index contributed by atoms with van der Waals surface area (Å²) in [5.74, 6) is 0.0237. The molecular formula is C14H16N2OS. The molecule has 18 heavy (non-hydrogen) atoms. The summed E-state index contributed by atoms with van der Waals surface area (Å²) >= 11 is 1.60. The molecule has 0 aliphatic rings.